The number of carbonyl (C=O) groups excluding carboxylic acids is 2. The molecule has 0 aliphatic carbocycles. The van der Waals surface area contributed by atoms with Crippen molar-refractivity contribution in [3.8, 4) is 0 Å². The molecule has 0 spiro atoms. The van der Waals surface area contributed by atoms with Crippen LogP contribution in [0, 0.1) is 11.8 Å². The van der Waals surface area contributed by atoms with Crippen molar-refractivity contribution in [2.24, 2.45) is 11.8 Å². The van der Waals surface area contributed by atoms with E-state index >= 15 is 0 Å². The quantitative estimate of drug-likeness (QED) is 0.436. The van der Waals surface area contributed by atoms with Gasteiger partial charge in [0, 0.05) is 5.92 Å². The molecule has 0 aromatic heterocycles. The Hall–Kier alpha value is -2.10. The summed E-state index contributed by atoms with van der Waals surface area (Å²) >= 11 is 0. The highest BCUT2D eigenvalue weighted by Crippen LogP contribution is 2.22. The van der Waals surface area contributed by atoms with Crippen LogP contribution in [0.1, 0.15) is 12.0 Å². The molecule has 1 unspecified atom stereocenters. The van der Waals surface area contributed by atoms with Crippen molar-refractivity contribution in [2.75, 3.05) is 14.2 Å². The van der Waals surface area contributed by atoms with Gasteiger partial charge in [-0.1, -0.05) is 36.4 Å². The van der Waals surface area contributed by atoms with E-state index in [1.165, 1.54) is 14.2 Å². The number of ether oxygens (including phenoxy) is 2. The Morgan fingerprint density at radius 2 is 1.70 bits per heavy atom. The third-order valence-electron chi connectivity index (χ3n) is 3.25. The fraction of sp³-hybridized carbons (Fsp3) is 0.375. The zero-order chi connectivity index (χ0) is 15.0. The van der Waals surface area contributed by atoms with Gasteiger partial charge in [-0.2, -0.15) is 0 Å². The minimum Gasteiger partial charge on any atom is -0.468 e. The van der Waals surface area contributed by atoms with Crippen molar-refractivity contribution in [1.82, 2.24) is 0 Å². The van der Waals surface area contributed by atoms with Crippen molar-refractivity contribution >= 4 is 11.9 Å². The first kappa shape index (κ1) is 16.0. The van der Waals surface area contributed by atoms with Gasteiger partial charge in [-0.3, -0.25) is 9.59 Å². The van der Waals surface area contributed by atoms with E-state index in [0.29, 0.717) is 6.42 Å². The Bertz CT molecular complexity index is 437. The van der Waals surface area contributed by atoms with Crippen molar-refractivity contribution in [1.29, 1.82) is 0 Å². The van der Waals surface area contributed by atoms with Crippen LogP contribution in [0.2, 0.25) is 0 Å². The van der Waals surface area contributed by atoms with Crippen LogP contribution in [0.3, 0.4) is 0 Å². The van der Waals surface area contributed by atoms with Crippen LogP contribution in [0.25, 0.3) is 0 Å². The third kappa shape index (κ3) is 4.23. The van der Waals surface area contributed by atoms with Crippen LogP contribution in [-0.2, 0) is 25.5 Å². The van der Waals surface area contributed by atoms with E-state index in [1.54, 1.807) is 6.08 Å². The molecule has 4 heteroatoms. The number of benzene rings is 1. The Morgan fingerprint density at radius 1 is 1.15 bits per heavy atom. The predicted octanol–water partition coefficient (Wildman–Crippen LogP) is 2.38. The predicted molar refractivity (Wildman–Crippen MR) is 76.0 cm³/mol. The number of aryl methyl sites for hydroxylation is 1. The molecule has 0 saturated carbocycles. The summed E-state index contributed by atoms with van der Waals surface area (Å²) < 4.78 is 9.37. The molecular formula is C16H20O4. The lowest BCUT2D eigenvalue weighted by atomic mass is 9.87. The Kier molecular flexibility index (Phi) is 6.50. The molecule has 1 aromatic carbocycles. The van der Waals surface area contributed by atoms with E-state index < -0.39 is 17.9 Å². The van der Waals surface area contributed by atoms with E-state index in [1.807, 2.05) is 30.3 Å². The first-order chi connectivity index (χ1) is 9.63. The molecule has 0 heterocycles. The van der Waals surface area contributed by atoms with Gasteiger partial charge in [-0.05, 0) is 18.4 Å². The Morgan fingerprint density at radius 3 is 2.15 bits per heavy atom. The van der Waals surface area contributed by atoms with E-state index in [-0.39, 0.29) is 5.92 Å². The van der Waals surface area contributed by atoms with Crippen molar-refractivity contribution in [3.05, 3.63) is 48.6 Å². The average Bonchev–Trinajstić information content (AvgIpc) is 2.51. The minimum atomic E-state index is -0.953. The molecule has 108 valence electrons. The summed E-state index contributed by atoms with van der Waals surface area (Å²) in [6.07, 6.45) is 2.99. The van der Waals surface area contributed by atoms with Gasteiger partial charge in [0.1, 0.15) is 0 Å². The molecule has 1 atom stereocenters. The molecule has 20 heavy (non-hydrogen) atoms. The summed E-state index contributed by atoms with van der Waals surface area (Å²) in [5.74, 6) is -2.44. The third-order valence-corrected chi connectivity index (χ3v) is 3.25. The normalized spacial score (nSPS) is 11.8. The summed E-state index contributed by atoms with van der Waals surface area (Å²) in [5.41, 5.74) is 1.15. The second-order valence-corrected chi connectivity index (χ2v) is 4.45. The van der Waals surface area contributed by atoms with E-state index in [4.69, 9.17) is 0 Å². The van der Waals surface area contributed by atoms with Gasteiger partial charge < -0.3 is 9.47 Å². The maximum absolute atomic E-state index is 11.8. The first-order valence-electron chi connectivity index (χ1n) is 6.46. The van der Waals surface area contributed by atoms with Gasteiger partial charge in [-0.15, -0.1) is 6.58 Å². The fourth-order valence-corrected chi connectivity index (χ4v) is 2.10. The number of hydrogen-bond acceptors (Lipinski definition) is 4. The van der Waals surface area contributed by atoms with E-state index in [2.05, 4.69) is 16.1 Å². The van der Waals surface area contributed by atoms with Crippen LogP contribution >= 0.6 is 0 Å². The molecule has 0 bridgehead atoms. The number of methoxy groups -OCH3 is 2. The number of carbonyl (C=O) groups is 2. The maximum atomic E-state index is 11.8. The number of rotatable bonds is 7. The average molecular weight is 276 g/mol. The number of esters is 2. The summed E-state index contributed by atoms with van der Waals surface area (Å²) in [4.78, 5) is 23.5. The topological polar surface area (TPSA) is 52.6 Å². The molecular weight excluding hydrogens is 256 g/mol. The smallest absolute Gasteiger partial charge is 0.320 e. The minimum absolute atomic E-state index is 0.310. The zero-order valence-corrected chi connectivity index (χ0v) is 11.9. The molecule has 0 aliphatic heterocycles. The standard InChI is InChI=1S/C16H20O4/c1-4-13(11-10-12-8-6-5-7-9-12)14(15(17)19-2)16(18)20-3/h4-9,13-14H,1,10-11H2,2-3H3. The largest absolute Gasteiger partial charge is 0.468 e. The molecule has 1 aromatic rings. The Labute approximate surface area is 119 Å². The molecule has 0 fully saturated rings. The van der Waals surface area contributed by atoms with E-state index in [0.717, 1.165) is 12.0 Å². The lowest BCUT2D eigenvalue weighted by Crippen LogP contribution is -2.32. The molecule has 0 saturated heterocycles. The Balaban J connectivity index is 2.77. The second-order valence-electron chi connectivity index (χ2n) is 4.45. The van der Waals surface area contributed by atoms with Gasteiger partial charge in [0.05, 0.1) is 14.2 Å². The maximum Gasteiger partial charge on any atom is 0.320 e. The monoisotopic (exact) mass is 276 g/mol. The van der Waals surface area contributed by atoms with Crippen molar-refractivity contribution in [3.63, 3.8) is 0 Å². The highest BCUT2D eigenvalue weighted by Gasteiger charge is 2.34. The van der Waals surface area contributed by atoms with Crippen molar-refractivity contribution < 1.29 is 19.1 Å². The molecule has 1 rings (SSSR count). The van der Waals surface area contributed by atoms with Gasteiger partial charge in [-0.25, -0.2) is 0 Å². The van der Waals surface area contributed by atoms with Crippen molar-refractivity contribution in [2.45, 2.75) is 12.8 Å². The van der Waals surface area contributed by atoms with Crippen LogP contribution in [-0.4, -0.2) is 26.2 Å². The molecule has 0 N–H and O–H groups in total. The lowest BCUT2D eigenvalue weighted by Gasteiger charge is -2.20. The lowest BCUT2D eigenvalue weighted by molar-refractivity contribution is -0.160. The van der Waals surface area contributed by atoms with Crippen LogP contribution in [0.15, 0.2) is 43.0 Å². The highest BCUT2D eigenvalue weighted by molar-refractivity contribution is 5.95. The van der Waals surface area contributed by atoms with E-state index in [9.17, 15) is 9.59 Å². The fourth-order valence-electron chi connectivity index (χ4n) is 2.10. The van der Waals surface area contributed by atoms with Crippen LogP contribution in [0.4, 0.5) is 0 Å². The molecule has 0 aliphatic rings. The van der Waals surface area contributed by atoms with Gasteiger partial charge in [0.15, 0.2) is 5.92 Å². The van der Waals surface area contributed by atoms with Gasteiger partial charge in [0.2, 0.25) is 0 Å². The highest BCUT2D eigenvalue weighted by atomic mass is 16.5. The van der Waals surface area contributed by atoms with Crippen LogP contribution in [0.5, 0.6) is 0 Å². The zero-order valence-electron chi connectivity index (χ0n) is 11.9. The van der Waals surface area contributed by atoms with Gasteiger partial charge >= 0.3 is 11.9 Å². The molecule has 0 amide bonds. The number of allylic oxidation sites excluding steroid dienone is 1. The molecule has 4 nitrogen and oxygen atoms in total. The summed E-state index contributed by atoms with van der Waals surface area (Å²) in [6.45, 7) is 3.71. The summed E-state index contributed by atoms with van der Waals surface area (Å²) in [7, 11) is 2.52. The summed E-state index contributed by atoms with van der Waals surface area (Å²) in [5, 5.41) is 0. The second kappa shape index (κ2) is 8.15. The van der Waals surface area contributed by atoms with Crippen LogP contribution < -0.4 is 0 Å². The first-order valence-corrected chi connectivity index (χ1v) is 6.46. The molecule has 0 radical (unpaired) electrons. The van der Waals surface area contributed by atoms with Gasteiger partial charge in [0.25, 0.3) is 0 Å². The number of hydrogen-bond donors (Lipinski definition) is 0. The SMILES string of the molecule is C=CC(CCc1ccccc1)C(C(=O)OC)C(=O)OC. The summed E-state index contributed by atoms with van der Waals surface area (Å²) in [6, 6.07) is 9.86.